The Morgan fingerprint density at radius 3 is 2.90 bits per heavy atom. The summed E-state index contributed by atoms with van der Waals surface area (Å²) < 4.78 is 0. The lowest BCUT2D eigenvalue weighted by Gasteiger charge is -2.06. The quantitative estimate of drug-likeness (QED) is 0.473. The number of nitrogens with two attached hydrogens (primary N) is 1. The van der Waals surface area contributed by atoms with E-state index in [1.165, 1.54) is 0 Å². The van der Waals surface area contributed by atoms with Gasteiger partial charge in [-0.3, -0.25) is 10.8 Å². The molecule has 10 heavy (non-hydrogen) atoms. The molecule has 0 atom stereocenters. The first-order valence-electron chi connectivity index (χ1n) is 3.15. The van der Waals surface area contributed by atoms with Gasteiger partial charge in [-0.15, -0.1) is 0 Å². The molecule has 1 aromatic rings. The van der Waals surface area contributed by atoms with Crippen LogP contribution >= 0.6 is 0 Å². The van der Waals surface area contributed by atoms with Crippen LogP contribution in [0.3, 0.4) is 0 Å². The van der Waals surface area contributed by atoms with Gasteiger partial charge in [-0.05, 0) is 12.1 Å². The Balaban J connectivity index is 2.59. The van der Waals surface area contributed by atoms with Crippen molar-refractivity contribution in [3.05, 3.63) is 30.1 Å². The monoisotopic (exact) mass is 137 g/mol. The maximum Gasteiger partial charge on any atom is 0.0558 e. The van der Waals surface area contributed by atoms with Gasteiger partial charge in [0.1, 0.15) is 0 Å². The van der Waals surface area contributed by atoms with Crippen molar-refractivity contribution < 1.29 is 0 Å². The summed E-state index contributed by atoms with van der Waals surface area (Å²) in [6.45, 7) is 0.695. The summed E-state index contributed by atoms with van der Waals surface area (Å²) >= 11 is 0. The van der Waals surface area contributed by atoms with Gasteiger partial charge >= 0.3 is 0 Å². The van der Waals surface area contributed by atoms with Crippen LogP contribution in [0.4, 0.5) is 0 Å². The second-order valence-corrected chi connectivity index (χ2v) is 2.24. The molecule has 1 heterocycles. The fourth-order valence-electron chi connectivity index (χ4n) is 0.747. The van der Waals surface area contributed by atoms with Crippen molar-refractivity contribution in [2.75, 3.05) is 7.05 Å². The van der Waals surface area contributed by atoms with Gasteiger partial charge in [0.05, 0.1) is 12.2 Å². The van der Waals surface area contributed by atoms with Crippen molar-refractivity contribution in [3.63, 3.8) is 0 Å². The average molecular weight is 137 g/mol. The first-order valence-corrected chi connectivity index (χ1v) is 3.15. The number of hydrazine groups is 1. The number of nitrogens with zero attached hydrogens (tertiary/aromatic N) is 2. The third-order valence-corrected chi connectivity index (χ3v) is 1.14. The van der Waals surface area contributed by atoms with E-state index in [2.05, 4.69) is 4.98 Å². The maximum absolute atomic E-state index is 5.42. The number of pyridine rings is 1. The van der Waals surface area contributed by atoms with Crippen LogP contribution in [0, 0.1) is 0 Å². The van der Waals surface area contributed by atoms with E-state index in [1.54, 1.807) is 11.2 Å². The van der Waals surface area contributed by atoms with E-state index in [1.807, 2.05) is 25.2 Å². The van der Waals surface area contributed by atoms with Gasteiger partial charge in [-0.2, -0.15) is 0 Å². The Labute approximate surface area is 60.5 Å². The Morgan fingerprint density at radius 2 is 2.40 bits per heavy atom. The molecule has 0 amide bonds. The Morgan fingerprint density at radius 1 is 1.60 bits per heavy atom. The van der Waals surface area contributed by atoms with E-state index >= 15 is 0 Å². The second-order valence-electron chi connectivity index (χ2n) is 2.24. The number of hydrogen-bond donors (Lipinski definition) is 1. The summed E-state index contributed by atoms with van der Waals surface area (Å²) in [5.74, 6) is 5.42. The molecule has 0 bridgehead atoms. The van der Waals surface area contributed by atoms with Crippen LogP contribution in [-0.4, -0.2) is 17.0 Å². The lowest BCUT2D eigenvalue weighted by molar-refractivity contribution is 0.337. The predicted octanol–water partition coefficient (Wildman–Crippen LogP) is 0.387. The molecule has 3 heteroatoms. The first-order chi connectivity index (χ1) is 4.79. The highest BCUT2D eigenvalue weighted by Gasteiger charge is 1.92. The van der Waals surface area contributed by atoms with Crippen molar-refractivity contribution >= 4 is 0 Å². The molecule has 54 valence electrons. The van der Waals surface area contributed by atoms with Crippen LogP contribution in [0.1, 0.15) is 5.69 Å². The Bertz CT molecular complexity index is 183. The van der Waals surface area contributed by atoms with Crippen LogP contribution in [0.25, 0.3) is 0 Å². The zero-order valence-corrected chi connectivity index (χ0v) is 5.99. The zero-order valence-electron chi connectivity index (χ0n) is 5.99. The Kier molecular flexibility index (Phi) is 2.36. The first kappa shape index (κ1) is 7.18. The lowest BCUT2D eigenvalue weighted by atomic mass is 10.3. The van der Waals surface area contributed by atoms with Crippen LogP contribution in [0.15, 0.2) is 24.4 Å². The van der Waals surface area contributed by atoms with E-state index in [0.29, 0.717) is 6.54 Å². The van der Waals surface area contributed by atoms with Gasteiger partial charge < -0.3 is 0 Å². The van der Waals surface area contributed by atoms with Crippen LogP contribution in [-0.2, 0) is 6.54 Å². The minimum atomic E-state index is 0.695. The summed E-state index contributed by atoms with van der Waals surface area (Å²) in [7, 11) is 1.81. The summed E-state index contributed by atoms with van der Waals surface area (Å²) in [4.78, 5) is 4.10. The molecule has 1 rings (SSSR count). The maximum atomic E-state index is 5.42. The van der Waals surface area contributed by atoms with Crippen LogP contribution in [0.2, 0.25) is 0 Å². The van der Waals surface area contributed by atoms with Crippen LogP contribution in [0.5, 0.6) is 0 Å². The molecule has 3 nitrogen and oxygen atoms in total. The summed E-state index contributed by atoms with van der Waals surface area (Å²) in [5, 5.41) is 1.60. The molecular weight excluding hydrogens is 126 g/mol. The number of rotatable bonds is 2. The molecule has 0 aliphatic carbocycles. The lowest BCUT2D eigenvalue weighted by Crippen LogP contribution is -2.25. The third kappa shape index (κ3) is 2.13. The highest BCUT2D eigenvalue weighted by atomic mass is 15.4. The smallest absolute Gasteiger partial charge is 0.0558 e. The van der Waals surface area contributed by atoms with Crippen LogP contribution < -0.4 is 5.84 Å². The summed E-state index contributed by atoms with van der Waals surface area (Å²) in [6, 6.07) is 5.79. The molecule has 0 fully saturated rings. The van der Waals surface area contributed by atoms with Crippen molar-refractivity contribution in [1.29, 1.82) is 0 Å². The molecule has 0 aliphatic rings. The van der Waals surface area contributed by atoms with E-state index in [9.17, 15) is 0 Å². The molecule has 1 aromatic heterocycles. The van der Waals surface area contributed by atoms with Gasteiger partial charge in [-0.1, -0.05) is 6.07 Å². The summed E-state index contributed by atoms with van der Waals surface area (Å²) in [6.07, 6.45) is 1.76. The Hall–Kier alpha value is -0.930. The highest BCUT2D eigenvalue weighted by molar-refractivity contribution is 5.02. The molecule has 0 aromatic carbocycles. The van der Waals surface area contributed by atoms with Gasteiger partial charge in [0.2, 0.25) is 0 Å². The minimum Gasteiger partial charge on any atom is -0.269 e. The van der Waals surface area contributed by atoms with Crippen molar-refractivity contribution in [2.24, 2.45) is 5.84 Å². The highest BCUT2D eigenvalue weighted by Crippen LogP contribution is 1.93. The topological polar surface area (TPSA) is 42.1 Å². The van der Waals surface area contributed by atoms with Gasteiger partial charge in [-0.25, -0.2) is 5.01 Å². The molecule has 0 unspecified atom stereocenters. The van der Waals surface area contributed by atoms with E-state index in [4.69, 9.17) is 5.84 Å². The second kappa shape index (κ2) is 3.29. The molecule has 0 radical (unpaired) electrons. The van der Waals surface area contributed by atoms with Crippen molar-refractivity contribution in [3.8, 4) is 0 Å². The number of aromatic nitrogens is 1. The molecule has 0 spiro atoms. The van der Waals surface area contributed by atoms with E-state index in [-0.39, 0.29) is 0 Å². The molecule has 2 N–H and O–H groups in total. The van der Waals surface area contributed by atoms with Crippen molar-refractivity contribution in [1.82, 2.24) is 9.99 Å². The van der Waals surface area contributed by atoms with Crippen molar-refractivity contribution in [2.45, 2.75) is 6.54 Å². The SMILES string of the molecule is CN(N)Cc1ccccn1. The zero-order chi connectivity index (χ0) is 7.40. The molecular formula is C7H11N3. The summed E-state index contributed by atoms with van der Waals surface area (Å²) in [5.41, 5.74) is 0.993. The minimum absolute atomic E-state index is 0.695. The standard InChI is InChI=1S/C7H11N3/c1-10(8)6-7-4-2-3-5-9-7/h2-5H,6,8H2,1H3. The fourth-order valence-corrected chi connectivity index (χ4v) is 0.747. The van der Waals surface area contributed by atoms with E-state index < -0.39 is 0 Å². The average Bonchev–Trinajstić information content (AvgIpc) is 1.88. The van der Waals surface area contributed by atoms with E-state index in [0.717, 1.165) is 5.69 Å². The fraction of sp³-hybridized carbons (Fsp3) is 0.286. The normalized spacial score (nSPS) is 10.3. The predicted molar refractivity (Wildman–Crippen MR) is 39.9 cm³/mol. The van der Waals surface area contributed by atoms with Gasteiger partial charge in [0, 0.05) is 13.2 Å². The van der Waals surface area contributed by atoms with Gasteiger partial charge in [0.15, 0.2) is 0 Å². The number of hydrogen-bond acceptors (Lipinski definition) is 3. The third-order valence-electron chi connectivity index (χ3n) is 1.14. The molecule has 0 saturated heterocycles. The largest absolute Gasteiger partial charge is 0.269 e. The van der Waals surface area contributed by atoms with Gasteiger partial charge in [0.25, 0.3) is 0 Å². The molecule has 0 saturated carbocycles. The molecule has 0 aliphatic heterocycles.